The molecule has 8 atom stereocenters. The van der Waals surface area contributed by atoms with Gasteiger partial charge in [0.15, 0.2) is 17.2 Å². The van der Waals surface area contributed by atoms with Crippen molar-refractivity contribution in [3.8, 4) is 0 Å². The minimum absolute atomic E-state index is 0.0936. The molecule has 0 amide bonds. The molecule has 0 bridgehead atoms. The van der Waals surface area contributed by atoms with Crippen molar-refractivity contribution in [1.29, 1.82) is 0 Å². The van der Waals surface area contributed by atoms with Gasteiger partial charge in [-0.15, -0.1) is 23.2 Å². The van der Waals surface area contributed by atoms with Gasteiger partial charge in [0.1, 0.15) is 0 Å². The summed E-state index contributed by atoms with van der Waals surface area (Å²) >= 11 is 13.4. The van der Waals surface area contributed by atoms with Gasteiger partial charge in [0, 0.05) is 23.2 Å². The van der Waals surface area contributed by atoms with Gasteiger partial charge in [0.25, 0.3) is 0 Å². The number of ether oxygens (including phenoxy) is 1. The summed E-state index contributed by atoms with van der Waals surface area (Å²) in [6.45, 7) is 7.44. The zero-order valence-electron chi connectivity index (χ0n) is 20.1. The summed E-state index contributed by atoms with van der Waals surface area (Å²) in [4.78, 5) is 36.9. The number of aliphatic hydroxyl groups is 1. The molecule has 4 rings (SSSR count). The van der Waals surface area contributed by atoms with Crippen molar-refractivity contribution >= 4 is 40.7 Å². The van der Waals surface area contributed by atoms with Crippen LogP contribution >= 0.6 is 23.2 Å². The fraction of sp³-hybridized carbons (Fsp3) is 0.731. The number of carbonyl (C=O) groups is 3. The molecule has 3 fully saturated rings. The Balaban J connectivity index is 1.85. The number of halogens is 3. The first kappa shape index (κ1) is 25.8. The van der Waals surface area contributed by atoms with E-state index in [1.165, 1.54) is 6.08 Å². The molecule has 188 valence electrons. The third-order valence-corrected chi connectivity index (χ3v) is 10.7. The van der Waals surface area contributed by atoms with E-state index in [4.69, 9.17) is 27.9 Å². The predicted molar refractivity (Wildman–Crippen MR) is 127 cm³/mol. The Bertz CT molecular complexity index is 994. The van der Waals surface area contributed by atoms with Crippen LogP contribution in [0.15, 0.2) is 23.6 Å². The maximum atomic E-state index is 14.9. The van der Waals surface area contributed by atoms with Crippen LogP contribution in [0, 0.1) is 28.6 Å². The molecule has 1 N–H and O–H groups in total. The maximum absolute atomic E-state index is 14.9. The Kier molecular flexibility index (Phi) is 6.40. The predicted octanol–water partition coefficient (Wildman–Crippen LogP) is 5.06. The molecule has 0 radical (unpaired) electrons. The zero-order valence-corrected chi connectivity index (χ0v) is 21.6. The molecule has 3 saturated carbocycles. The Labute approximate surface area is 210 Å². The van der Waals surface area contributed by atoms with Crippen LogP contribution in [0.5, 0.6) is 0 Å². The first-order chi connectivity index (χ1) is 15.8. The fourth-order valence-electron chi connectivity index (χ4n) is 8.01. The summed E-state index contributed by atoms with van der Waals surface area (Å²) in [6.07, 6.45) is 3.91. The number of esters is 1. The van der Waals surface area contributed by atoms with Gasteiger partial charge in [-0.05, 0) is 55.6 Å². The first-order valence-corrected chi connectivity index (χ1v) is 13.1. The van der Waals surface area contributed by atoms with Crippen LogP contribution in [-0.2, 0) is 19.1 Å². The quantitative estimate of drug-likeness (QED) is 0.409. The number of Topliss-reactive ketones (excluding diaryl/α,β-unsaturated/α-hetero) is 1. The van der Waals surface area contributed by atoms with Crippen LogP contribution in [0.2, 0.25) is 0 Å². The number of rotatable bonds is 5. The van der Waals surface area contributed by atoms with E-state index in [2.05, 4.69) is 0 Å². The van der Waals surface area contributed by atoms with E-state index < -0.39 is 45.0 Å². The monoisotopic (exact) mass is 514 g/mol. The van der Waals surface area contributed by atoms with Gasteiger partial charge in [-0.2, -0.15) is 0 Å². The van der Waals surface area contributed by atoms with Crippen LogP contribution < -0.4 is 0 Å². The average Bonchev–Trinajstić information content (AvgIpc) is 2.99. The standard InChI is InChI=1S/C26H33Cl2FO5/c1-5-6-21(33)34-26(20(32)13-27)14(2)11-17-15-7-8-16-22(29)18(30)9-10-23(16,3)25(15,28)19(31)12-24(17,26)4/h9-10,14-15,17,19,31H,5-8,11-13H2,1-4H3/t14?,15-,17-,19?,23-,24-,25-,26-/m0/s1. The lowest BCUT2D eigenvalue weighted by molar-refractivity contribution is -0.200. The second-order valence-electron chi connectivity index (χ2n) is 11.0. The zero-order chi connectivity index (χ0) is 25.3. The van der Waals surface area contributed by atoms with Gasteiger partial charge in [-0.25, -0.2) is 4.39 Å². The van der Waals surface area contributed by atoms with E-state index in [0.29, 0.717) is 31.3 Å². The van der Waals surface area contributed by atoms with Gasteiger partial charge in [0.2, 0.25) is 5.78 Å². The van der Waals surface area contributed by atoms with Crippen molar-refractivity contribution in [3.63, 3.8) is 0 Å². The molecule has 0 spiro atoms. The lowest BCUT2D eigenvalue weighted by Gasteiger charge is -2.64. The van der Waals surface area contributed by atoms with E-state index in [0.717, 1.165) is 0 Å². The highest BCUT2D eigenvalue weighted by molar-refractivity contribution is 6.29. The molecule has 0 heterocycles. The number of carbonyl (C=O) groups excluding carboxylic acids is 3. The smallest absolute Gasteiger partial charge is 0.306 e. The topological polar surface area (TPSA) is 80.7 Å². The molecule has 0 aromatic carbocycles. The second kappa shape index (κ2) is 8.41. The summed E-state index contributed by atoms with van der Waals surface area (Å²) in [5, 5.41) is 11.7. The molecule has 4 aliphatic carbocycles. The first-order valence-electron chi connectivity index (χ1n) is 12.2. The van der Waals surface area contributed by atoms with Gasteiger partial charge >= 0.3 is 5.97 Å². The lowest BCUT2D eigenvalue weighted by Crippen LogP contribution is -2.69. The Morgan fingerprint density at radius 3 is 2.59 bits per heavy atom. The van der Waals surface area contributed by atoms with E-state index in [9.17, 15) is 23.9 Å². The number of aliphatic hydroxyl groups excluding tert-OH is 1. The van der Waals surface area contributed by atoms with Crippen molar-refractivity contribution in [3.05, 3.63) is 23.6 Å². The van der Waals surface area contributed by atoms with E-state index in [-0.39, 0.29) is 42.3 Å². The number of fused-ring (bicyclic) bond motifs is 5. The summed E-state index contributed by atoms with van der Waals surface area (Å²) in [5.74, 6) is -3.37. The Morgan fingerprint density at radius 2 is 1.97 bits per heavy atom. The van der Waals surface area contributed by atoms with Crippen molar-refractivity contribution in [2.45, 2.75) is 82.8 Å². The number of alkyl halides is 2. The SMILES string of the molecule is CCCC(=O)O[C@]1(C(=O)CCl)C(C)C[C@H]2[C@@H]3CCC4=C(F)C(=O)C=C[C@]4(C)[C@@]3(Cl)C(O)C[C@@]21C. The maximum Gasteiger partial charge on any atom is 0.306 e. The van der Waals surface area contributed by atoms with Crippen molar-refractivity contribution < 1.29 is 28.6 Å². The van der Waals surface area contributed by atoms with Gasteiger partial charge in [-0.3, -0.25) is 14.4 Å². The normalized spacial score (nSPS) is 45.5. The minimum atomic E-state index is -1.47. The molecule has 34 heavy (non-hydrogen) atoms. The van der Waals surface area contributed by atoms with Crippen LogP contribution in [-0.4, -0.2) is 45.1 Å². The molecular formula is C26H33Cl2FO5. The Hall–Kier alpha value is -1.24. The van der Waals surface area contributed by atoms with Gasteiger partial charge in [0.05, 0.1) is 16.9 Å². The number of allylic oxidation sites excluding steroid dienone is 4. The van der Waals surface area contributed by atoms with E-state index in [1.54, 1.807) is 13.0 Å². The van der Waals surface area contributed by atoms with Crippen molar-refractivity contribution in [2.75, 3.05) is 5.88 Å². The molecule has 2 unspecified atom stereocenters. The molecule has 8 heteroatoms. The summed E-state index contributed by atoms with van der Waals surface area (Å²) in [6, 6.07) is 0. The van der Waals surface area contributed by atoms with Gasteiger partial charge in [-0.1, -0.05) is 33.8 Å². The number of hydrogen-bond donors (Lipinski definition) is 1. The molecular weight excluding hydrogens is 482 g/mol. The van der Waals surface area contributed by atoms with E-state index in [1.807, 2.05) is 20.8 Å². The number of hydrogen-bond acceptors (Lipinski definition) is 5. The largest absolute Gasteiger partial charge is 0.450 e. The second-order valence-corrected chi connectivity index (χ2v) is 11.9. The van der Waals surface area contributed by atoms with Crippen LogP contribution in [0.25, 0.3) is 0 Å². The minimum Gasteiger partial charge on any atom is -0.450 e. The molecule has 4 aliphatic rings. The van der Waals surface area contributed by atoms with Crippen LogP contribution in [0.1, 0.15) is 66.2 Å². The molecule has 0 aromatic heterocycles. The van der Waals surface area contributed by atoms with Crippen molar-refractivity contribution in [2.24, 2.45) is 28.6 Å². The van der Waals surface area contributed by atoms with E-state index >= 15 is 0 Å². The summed E-state index contributed by atoms with van der Waals surface area (Å²) in [5.41, 5.74) is -3.09. The lowest BCUT2D eigenvalue weighted by atomic mass is 9.45. The summed E-state index contributed by atoms with van der Waals surface area (Å²) < 4.78 is 21.0. The Morgan fingerprint density at radius 1 is 1.29 bits per heavy atom. The fourth-order valence-corrected chi connectivity index (χ4v) is 8.73. The van der Waals surface area contributed by atoms with Crippen LogP contribution in [0.4, 0.5) is 4.39 Å². The third-order valence-electron chi connectivity index (χ3n) is 9.54. The molecule has 0 aliphatic heterocycles. The highest BCUT2D eigenvalue weighted by atomic mass is 35.5. The highest BCUT2D eigenvalue weighted by Crippen LogP contribution is 2.72. The molecule has 5 nitrogen and oxygen atoms in total. The van der Waals surface area contributed by atoms with Gasteiger partial charge < -0.3 is 9.84 Å². The van der Waals surface area contributed by atoms with Crippen LogP contribution in [0.3, 0.4) is 0 Å². The third kappa shape index (κ3) is 3.03. The molecule has 0 aromatic rings. The summed E-state index contributed by atoms with van der Waals surface area (Å²) in [7, 11) is 0. The average molecular weight is 515 g/mol. The van der Waals surface area contributed by atoms with Crippen molar-refractivity contribution in [1.82, 2.24) is 0 Å². The highest BCUT2D eigenvalue weighted by Gasteiger charge is 2.76. The molecule has 0 saturated heterocycles. The number of ketones is 2.